The van der Waals surface area contributed by atoms with Gasteiger partial charge in [-0.2, -0.15) is 0 Å². The molecular weight excluding hydrogens is 450 g/mol. The van der Waals surface area contributed by atoms with E-state index >= 15 is 0 Å². The van der Waals surface area contributed by atoms with Crippen LogP contribution in [0.4, 0.5) is 5.69 Å². The predicted molar refractivity (Wildman–Crippen MR) is 142 cm³/mol. The lowest BCUT2D eigenvalue weighted by Crippen LogP contribution is -2.51. The van der Waals surface area contributed by atoms with E-state index < -0.39 is 0 Å². The van der Waals surface area contributed by atoms with Crippen molar-refractivity contribution >= 4 is 17.5 Å². The van der Waals surface area contributed by atoms with E-state index in [0.717, 1.165) is 19.5 Å². The summed E-state index contributed by atoms with van der Waals surface area (Å²) in [4.78, 5) is 32.2. The van der Waals surface area contributed by atoms with Crippen molar-refractivity contribution in [3.63, 3.8) is 0 Å². The second-order valence-electron chi connectivity index (χ2n) is 10.4. The highest BCUT2D eigenvalue weighted by Gasteiger charge is 2.40. The Morgan fingerprint density at radius 1 is 0.917 bits per heavy atom. The highest BCUT2D eigenvalue weighted by Crippen LogP contribution is 2.31. The van der Waals surface area contributed by atoms with Crippen molar-refractivity contribution in [2.45, 2.75) is 52.6 Å². The number of aryl methyl sites for hydroxylation is 4. The molecule has 190 valence electrons. The quantitative estimate of drug-likeness (QED) is 0.699. The molecule has 2 aromatic rings. The summed E-state index contributed by atoms with van der Waals surface area (Å²) >= 11 is 0. The van der Waals surface area contributed by atoms with Crippen molar-refractivity contribution in [2.75, 3.05) is 37.6 Å². The molecule has 7 heteroatoms. The third-order valence-corrected chi connectivity index (χ3v) is 7.90. The van der Waals surface area contributed by atoms with Crippen LogP contribution in [0.25, 0.3) is 0 Å². The van der Waals surface area contributed by atoms with Crippen molar-refractivity contribution in [1.82, 2.24) is 20.2 Å². The SMILES string of the molecule is Cc1ccc(N2CCN(C(=O)CCN3C=CN4NC(c5ccc(C)c(C)c5)CC4C3=O)CC2)c(C)c1. The number of benzene rings is 2. The molecule has 2 unspecified atom stereocenters. The van der Waals surface area contributed by atoms with E-state index in [4.69, 9.17) is 0 Å². The number of anilines is 1. The molecule has 7 nitrogen and oxygen atoms in total. The number of hydrogen-bond acceptors (Lipinski definition) is 5. The van der Waals surface area contributed by atoms with Gasteiger partial charge in [0.15, 0.2) is 0 Å². The number of hydrogen-bond donors (Lipinski definition) is 1. The largest absolute Gasteiger partial charge is 0.368 e. The molecule has 2 amide bonds. The van der Waals surface area contributed by atoms with E-state index in [1.165, 1.54) is 33.5 Å². The summed E-state index contributed by atoms with van der Waals surface area (Å²) in [5.41, 5.74) is 11.0. The van der Waals surface area contributed by atoms with Gasteiger partial charge in [0.05, 0.1) is 6.04 Å². The summed E-state index contributed by atoms with van der Waals surface area (Å²) < 4.78 is 0. The van der Waals surface area contributed by atoms with E-state index in [0.29, 0.717) is 26.1 Å². The molecule has 0 bridgehead atoms. The normalized spacial score (nSPS) is 21.8. The number of nitrogens with zero attached hydrogens (tertiary/aromatic N) is 4. The highest BCUT2D eigenvalue weighted by atomic mass is 16.2. The summed E-state index contributed by atoms with van der Waals surface area (Å²) in [5, 5.41) is 1.92. The zero-order valence-electron chi connectivity index (χ0n) is 21.8. The molecule has 0 aromatic heterocycles. The lowest BCUT2D eigenvalue weighted by molar-refractivity contribution is -0.136. The summed E-state index contributed by atoms with van der Waals surface area (Å²) in [6.45, 7) is 12.0. The first kappa shape index (κ1) is 24.4. The van der Waals surface area contributed by atoms with Crippen molar-refractivity contribution in [3.8, 4) is 0 Å². The van der Waals surface area contributed by atoms with Crippen molar-refractivity contribution in [1.29, 1.82) is 0 Å². The number of nitrogens with one attached hydrogen (secondary N) is 1. The molecule has 5 rings (SSSR count). The van der Waals surface area contributed by atoms with Crippen LogP contribution < -0.4 is 10.3 Å². The van der Waals surface area contributed by atoms with Crippen LogP contribution in [0, 0.1) is 27.7 Å². The number of hydrazine groups is 1. The minimum atomic E-state index is -0.238. The molecule has 0 radical (unpaired) electrons. The summed E-state index contributed by atoms with van der Waals surface area (Å²) in [6.07, 6.45) is 4.80. The number of amides is 2. The van der Waals surface area contributed by atoms with Crippen LogP contribution in [-0.4, -0.2) is 65.4 Å². The Morgan fingerprint density at radius 3 is 2.42 bits per heavy atom. The predicted octanol–water partition coefficient (Wildman–Crippen LogP) is 3.59. The summed E-state index contributed by atoms with van der Waals surface area (Å²) in [6, 6.07) is 12.9. The molecule has 3 aliphatic rings. The van der Waals surface area contributed by atoms with E-state index in [-0.39, 0.29) is 23.9 Å². The molecule has 3 heterocycles. The molecule has 2 atom stereocenters. The molecular formula is C29H37N5O2. The Balaban J connectivity index is 1.12. The summed E-state index contributed by atoms with van der Waals surface area (Å²) in [5.74, 6) is 0.181. The lowest BCUT2D eigenvalue weighted by atomic mass is 9.97. The van der Waals surface area contributed by atoms with Crippen molar-refractivity contribution in [2.24, 2.45) is 0 Å². The van der Waals surface area contributed by atoms with Gasteiger partial charge in [-0.25, -0.2) is 5.43 Å². The number of carbonyl (C=O) groups excluding carboxylic acids is 2. The number of rotatable bonds is 5. The van der Waals surface area contributed by atoms with E-state index in [2.05, 4.69) is 74.4 Å². The Bertz CT molecular complexity index is 1180. The zero-order valence-corrected chi connectivity index (χ0v) is 21.8. The molecule has 36 heavy (non-hydrogen) atoms. The third-order valence-electron chi connectivity index (χ3n) is 7.90. The van der Waals surface area contributed by atoms with Crippen LogP contribution in [0.2, 0.25) is 0 Å². The Kier molecular flexibility index (Phi) is 6.75. The molecule has 2 fully saturated rings. The Morgan fingerprint density at radius 2 is 1.69 bits per heavy atom. The van der Waals surface area contributed by atoms with Gasteiger partial charge in [0, 0.05) is 57.2 Å². The molecule has 3 aliphatic heterocycles. The molecule has 2 aromatic carbocycles. The number of fused-ring (bicyclic) bond motifs is 1. The van der Waals surface area contributed by atoms with Crippen LogP contribution in [0.3, 0.4) is 0 Å². The van der Waals surface area contributed by atoms with Gasteiger partial charge >= 0.3 is 0 Å². The standard InChI is InChI=1S/C29H37N5O2/c1-20-5-8-26(23(4)17-20)31-11-13-32(14-12-31)28(35)9-10-33-15-16-34-27(29(33)36)19-25(30-34)24-7-6-21(2)22(3)18-24/h5-8,15-18,25,27,30H,9-14,19H2,1-4H3. The number of piperazine rings is 1. The number of carbonyl (C=O) groups is 2. The Hall–Kier alpha value is -3.32. The van der Waals surface area contributed by atoms with Crippen molar-refractivity contribution < 1.29 is 9.59 Å². The van der Waals surface area contributed by atoms with Crippen LogP contribution in [0.5, 0.6) is 0 Å². The smallest absolute Gasteiger partial charge is 0.250 e. The average molecular weight is 488 g/mol. The second kappa shape index (κ2) is 9.97. The van der Waals surface area contributed by atoms with Crippen molar-refractivity contribution in [3.05, 3.63) is 76.6 Å². The van der Waals surface area contributed by atoms with Gasteiger partial charge in [0.25, 0.3) is 5.91 Å². The Labute approximate surface area is 214 Å². The van der Waals surface area contributed by atoms with Gasteiger partial charge in [-0.3, -0.25) is 9.59 Å². The fourth-order valence-electron chi connectivity index (χ4n) is 5.55. The van der Waals surface area contributed by atoms with Gasteiger partial charge in [-0.15, -0.1) is 0 Å². The van der Waals surface area contributed by atoms with Gasteiger partial charge in [0.1, 0.15) is 6.04 Å². The fraction of sp³-hybridized carbons (Fsp3) is 0.448. The van der Waals surface area contributed by atoms with E-state index in [1.807, 2.05) is 16.1 Å². The van der Waals surface area contributed by atoms with Gasteiger partial charge in [-0.05, 0) is 62.4 Å². The monoisotopic (exact) mass is 487 g/mol. The van der Waals surface area contributed by atoms with Gasteiger partial charge < -0.3 is 19.7 Å². The summed E-state index contributed by atoms with van der Waals surface area (Å²) in [7, 11) is 0. The van der Waals surface area contributed by atoms with Crippen LogP contribution >= 0.6 is 0 Å². The highest BCUT2D eigenvalue weighted by molar-refractivity contribution is 5.85. The van der Waals surface area contributed by atoms with Crippen LogP contribution in [0.15, 0.2) is 48.8 Å². The first-order valence-electron chi connectivity index (χ1n) is 13.0. The maximum Gasteiger partial charge on any atom is 0.250 e. The lowest BCUT2D eigenvalue weighted by Gasteiger charge is -2.37. The molecule has 0 saturated carbocycles. The third kappa shape index (κ3) is 4.85. The van der Waals surface area contributed by atoms with Crippen LogP contribution in [0.1, 0.15) is 46.7 Å². The maximum absolute atomic E-state index is 13.2. The zero-order chi connectivity index (χ0) is 25.4. The van der Waals surface area contributed by atoms with Gasteiger partial charge in [-0.1, -0.05) is 35.9 Å². The first-order chi connectivity index (χ1) is 17.3. The first-order valence-corrected chi connectivity index (χ1v) is 13.0. The molecule has 0 aliphatic carbocycles. The van der Waals surface area contributed by atoms with E-state index in [9.17, 15) is 9.59 Å². The van der Waals surface area contributed by atoms with Gasteiger partial charge in [0.2, 0.25) is 5.91 Å². The van der Waals surface area contributed by atoms with Crippen LogP contribution in [-0.2, 0) is 9.59 Å². The minimum absolute atomic E-state index is 0.0591. The molecule has 0 spiro atoms. The second-order valence-corrected chi connectivity index (χ2v) is 10.4. The minimum Gasteiger partial charge on any atom is -0.368 e. The topological polar surface area (TPSA) is 59.1 Å². The molecule has 1 N–H and O–H groups in total. The average Bonchev–Trinajstić information content (AvgIpc) is 3.31. The maximum atomic E-state index is 13.2. The fourth-order valence-corrected chi connectivity index (χ4v) is 5.55. The van der Waals surface area contributed by atoms with E-state index in [1.54, 1.807) is 11.1 Å². The molecule has 2 saturated heterocycles.